The van der Waals surface area contributed by atoms with Gasteiger partial charge in [0.1, 0.15) is 10.6 Å². The minimum Gasteiger partial charge on any atom is -0.497 e. The number of carbonyl (C=O) groups excluding carboxylic acids is 1. The lowest BCUT2D eigenvalue weighted by Gasteiger charge is -2.28. The molecule has 0 unspecified atom stereocenters. The Morgan fingerprint density at radius 2 is 1.97 bits per heavy atom. The fourth-order valence-corrected chi connectivity index (χ4v) is 6.26. The van der Waals surface area contributed by atoms with Gasteiger partial charge in [0.25, 0.3) is 5.91 Å². The lowest BCUT2D eigenvalue weighted by Crippen LogP contribution is -2.41. The molecule has 0 saturated carbocycles. The van der Waals surface area contributed by atoms with Crippen molar-refractivity contribution in [3.63, 3.8) is 0 Å². The maximum Gasteiger partial charge on any atom is 0.256 e. The molecule has 2 aromatic heterocycles. The molecule has 0 radical (unpaired) electrons. The predicted molar refractivity (Wildman–Crippen MR) is 124 cm³/mol. The van der Waals surface area contributed by atoms with Crippen molar-refractivity contribution in [2.75, 3.05) is 33.4 Å². The third-order valence-electron chi connectivity index (χ3n) is 6.52. The standard InChI is InChI=1S/C25H28N2O3S/c1-15-4-9-19-20(14-15)31-24-23(19)22(17-5-7-18(29-3)8-6-17)21(16(2)26-24)25(28)27-10-12-30-13-11-27/h5-8,15H,4,9-14H2,1-3H3/t15-/m1/s1. The second kappa shape index (κ2) is 8.24. The zero-order valence-corrected chi connectivity index (χ0v) is 19.2. The van der Waals surface area contributed by atoms with Crippen LogP contribution in [0.5, 0.6) is 5.75 Å². The summed E-state index contributed by atoms with van der Waals surface area (Å²) in [5.74, 6) is 1.57. The normalized spacial score (nSPS) is 18.8. The Hall–Kier alpha value is -2.44. The lowest BCUT2D eigenvalue weighted by atomic mass is 9.86. The van der Waals surface area contributed by atoms with Gasteiger partial charge in [-0.15, -0.1) is 11.3 Å². The number of morpholine rings is 1. The van der Waals surface area contributed by atoms with Crippen molar-refractivity contribution >= 4 is 27.5 Å². The van der Waals surface area contributed by atoms with E-state index in [1.807, 2.05) is 35.3 Å². The maximum atomic E-state index is 13.7. The van der Waals surface area contributed by atoms with Gasteiger partial charge >= 0.3 is 0 Å². The van der Waals surface area contributed by atoms with Gasteiger partial charge < -0.3 is 14.4 Å². The van der Waals surface area contributed by atoms with E-state index >= 15 is 0 Å². The van der Waals surface area contributed by atoms with Crippen LogP contribution < -0.4 is 4.74 Å². The highest BCUT2D eigenvalue weighted by atomic mass is 32.1. The zero-order valence-electron chi connectivity index (χ0n) is 18.4. The number of aryl methyl sites for hydroxylation is 2. The van der Waals surface area contributed by atoms with Crippen molar-refractivity contribution < 1.29 is 14.3 Å². The summed E-state index contributed by atoms with van der Waals surface area (Å²) in [6, 6.07) is 8.08. The second-order valence-corrected chi connectivity index (χ2v) is 9.70. The molecule has 1 aliphatic carbocycles. The first-order valence-corrected chi connectivity index (χ1v) is 11.8. The summed E-state index contributed by atoms with van der Waals surface area (Å²) in [6.45, 7) is 6.72. The average Bonchev–Trinajstić information content (AvgIpc) is 3.15. The molecule has 3 heterocycles. The van der Waals surface area contributed by atoms with Crippen LogP contribution in [0.4, 0.5) is 0 Å². The van der Waals surface area contributed by atoms with Gasteiger partial charge in [-0.1, -0.05) is 19.1 Å². The van der Waals surface area contributed by atoms with E-state index < -0.39 is 0 Å². The molecule has 1 saturated heterocycles. The number of thiophene rings is 1. The molecule has 5 rings (SSSR count). The number of hydrogen-bond acceptors (Lipinski definition) is 5. The quantitative estimate of drug-likeness (QED) is 0.587. The molecule has 2 aliphatic rings. The monoisotopic (exact) mass is 436 g/mol. The molecule has 3 aromatic rings. The van der Waals surface area contributed by atoms with Crippen LogP contribution in [0.15, 0.2) is 24.3 Å². The van der Waals surface area contributed by atoms with Gasteiger partial charge in [0.2, 0.25) is 0 Å². The summed E-state index contributed by atoms with van der Waals surface area (Å²) in [4.78, 5) is 23.1. The number of hydrogen-bond donors (Lipinski definition) is 0. The molecule has 0 N–H and O–H groups in total. The van der Waals surface area contributed by atoms with Gasteiger partial charge in [-0.3, -0.25) is 4.79 Å². The van der Waals surface area contributed by atoms with Crippen LogP contribution in [0.2, 0.25) is 0 Å². The van der Waals surface area contributed by atoms with Gasteiger partial charge in [-0.2, -0.15) is 0 Å². The number of amides is 1. The van der Waals surface area contributed by atoms with Crippen LogP contribution in [-0.2, 0) is 17.6 Å². The lowest BCUT2D eigenvalue weighted by molar-refractivity contribution is 0.0302. The molecular formula is C25H28N2O3S. The summed E-state index contributed by atoms with van der Waals surface area (Å²) in [5.41, 5.74) is 5.02. The summed E-state index contributed by atoms with van der Waals surface area (Å²) in [5, 5.41) is 1.18. The Morgan fingerprint density at radius 1 is 1.23 bits per heavy atom. The van der Waals surface area contributed by atoms with E-state index in [0.717, 1.165) is 45.8 Å². The molecule has 5 nitrogen and oxygen atoms in total. The molecule has 1 aromatic carbocycles. The third kappa shape index (κ3) is 3.62. The van der Waals surface area contributed by atoms with Crippen LogP contribution in [0.3, 0.4) is 0 Å². The molecule has 0 spiro atoms. The highest BCUT2D eigenvalue weighted by Crippen LogP contribution is 2.44. The molecule has 1 aliphatic heterocycles. The van der Waals surface area contributed by atoms with Gasteiger partial charge in [0, 0.05) is 28.9 Å². The van der Waals surface area contributed by atoms with Crippen molar-refractivity contribution in [1.29, 1.82) is 0 Å². The third-order valence-corrected chi connectivity index (χ3v) is 7.66. The number of pyridine rings is 1. The fraction of sp³-hybridized carbons (Fsp3) is 0.440. The summed E-state index contributed by atoms with van der Waals surface area (Å²) in [6.07, 6.45) is 3.33. The highest BCUT2D eigenvalue weighted by molar-refractivity contribution is 7.19. The number of carbonyl (C=O) groups is 1. The highest BCUT2D eigenvalue weighted by Gasteiger charge is 2.30. The molecular weight excluding hydrogens is 408 g/mol. The Morgan fingerprint density at radius 3 is 2.68 bits per heavy atom. The van der Waals surface area contributed by atoms with Crippen molar-refractivity contribution in [2.45, 2.75) is 33.1 Å². The van der Waals surface area contributed by atoms with E-state index in [-0.39, 0.29) is 5.91 Å². The van der Waals surface area contributed by atoms with Gasteiger partial charge in [0.15, 0.2) is 0 Å². The largest absolute Gasteiger partial charge is 0.497 e. The average molecular weight is 437 g/mol. The van der Waals surface area contributed by atoms with Crippen molar-refractivity contribution in [2.24, 2.45) is 5.92 Å². The molecule has 0 bridgehead atoms. The second-order valence-electron chi connectivity index (χ2n) is 8.61. The van der Waals surface area contributed by atoms with Crippen molar-refractivity contribution in [3.8, 4) is 16.9 Å². The fourth-order valence-electron chi connectivity index (χ4n) is 4.82. The molecule has 6 heteroatoms. The number of rotatable bonds is 3. The minimum atomic E-state index is 0.0603. The zero-order chi connectivity index (χ0) is 21.5. The van der Waals surface area contributed by atoms with Gasteiger partial charge in [0.05, 0.1) is 31.6 Å². The first kappa shape index (κ1) is 20.5. The van der Waals surface area contributed by atoms with E-state index in [4.69, 9.17) is 14.5 Å². The van der Waals surface area contributed by atoms with E-state index in [1.54, 1.807) is 7.11 Å². The molecule has 1 atom stereocenters. The Bertz CT molecular complexity index is 1130. The Kier molecular flexibility index (Phi) is 5.44. The summed E-state index contributed by atoms with van der Waals surface area (Å²) in [7, 11) is 1.67. The molecule has 1 fully saturated rings. The SMILES string of the molecule is COc1ccc(-c2c(C(=O)N3CCOCC3)c(C)nc3sc4c(c23)CC[C@@H](C)C4)cc1. The first-order chi connectivity index (χ1) is 15.1. The summed E-state index contributed by atoms with van der Waals surface area (Å²) >= 11 is 1.81. The Balaban J connectivity index is 1.76. The van der Waals surface area contributed by atoms with Crippen LogP contribution in [0.25, 0.3) is 21.3 Å². The van der Waals surface area contributed by atoms with Crippen LogP contribution in [-0.4, -0.2) is 49.2 Å². The number of benzene rings is 1. The first-order valence-electron chi connectivity index (χ1n) is 11.0. The predicted octanol–water partition coefficient (Wildman–Crippen LogP) is 4.88. The van der Waals surface area contributed by atoms with E-state index in [1.165, 1.54) is 22.2 Å². The minimum absolute atomic E-state index is 0.0603. The van der Waals surface area contributed by atoms with E-state index in [9.17, 15) is 4.79 Å². The Labute approximate surface area is 187 Å². The van der Waals surface area contributed by atoms with Crippen LogP contribution in [0, 0.1) is 12.8 Å². The molecule has 1 amide bonds. The van der Waals surface area contributed by atoms with Crippen molar-refractivity contribution in [3.05, 3.63) is 46.0 Å². The van der Waals surface area contributed by atoms with E-state index in [0.29, 0.717) is 32.2 Å². The maximum absolute atomic E-state index is 13.7. The number of methoxy groups -OCH3 is 1. The molecule has 31 heavy (non-hydrogen) atoms. The number of nitrogens with zero attached hydrogens (tertiary/aromatic N) is 2. The smallest absolute Gasteiger partial charge is 0.256 e. The van der Waals surface area contributed by atoms with E-state index in [2.05, 4.69) is 19.1 Å². The van der Waals surface area contributed by atoms with Gasteiger partial charge in [-0.25, -0.2) is 4.98 Å². The van der Waals surface area contributed by atoms with Gasteiger partial charge in [-0.05, 0) is 55.4 Å². The number of fused-ring (bicyclic) bond motifs is 3. The topological polar surface area (TPSA) is 51.7 Å². The van der Waals surface area contributed by atoms with Crippen LogP contribution >= 0.6 is 11.3 Å². The number of ether oxygens (including phenoxy) is 2. The molecule has 162 valence electrons. The summed E-state index contributed by atoms with van der Waals surface area (Å²) < 4.78 is 10.9. The van der Waals surface area contributed by atoms with Crippen LogP contribution in [0.1, 0.15) is 39.8 Å². The van der Waals surface area contributed by atoms with Crippen molar-refractivity contribution in [1.82, 2.24) is 9.88 Å². The number of aromatic nitrogens is 1.